The first-order valence-corrected chi connectivity index (χ1v) is 15.9. The van der Waals surface area contributed by atoms with Crippen molar-refractivity contribution in [2.45, 2.75) is 25.0 Å². The third-order valence-electron chi connectivity index (χ3n) is 8.66. The van der Waals surface area contributed by atoms with Crippen molar-refractivity contribution in [3.8, 4) is 11.1 Å². The first kappa shape index (κ1) is 34.2. The summed E-state index contributed by atoms with van der Waals surface area (Å²) < 4.78 is 41.1. The fourth-order valence-corrected chi connectivity index (χ4v) is 6.04. The van der Waals surface area contributed by atoms with Crippen LogP contribution in [0.5, 0.6) is 0 Å². The lowest BCUT2D eigenvalue weighted by Gasteiger charge is -2.27. The van der Waals surface area contributed by atoms with E-state index in [-0.39, 0.29) is 5.91 Å². The van der Waals surface area contributed by atoms with Crippen LogP contribution in [0, 0.1) is 0 Å². The number of nitrogens with one attached hydrogen (secondary N) is 2. The van der Waals surface area contributed by atoms with Gasteiger partial charge in [-0.2, -0.15) is 13.2 Å². The highest BCUT2D eigenvalue weighted by Gasteiger charge is 2.30. The van der Waals surface area contributed by atoms with E-state index in [1.165, 1.54) is 12.1 Å². The topological polar surface area (TPSA) is 86.6 Å². The van der Waals surface area contributed by atoms with Gasteiger partial charge in [-0.05, 0) is 64.7 Å². The number of benzene rings is 5. The van der Waals surface area contributed by atoms with Crippen LogP contribution in [0.15, 0.2) is 133 Å². The Morgan fingerprint density at radius 2 is 1.46 bits per heavy atom. The van der Waals surface area contributed by atoms with E-state index in [0.717, 1.165) is 28.6 Å². The summed E-state index contributed by atoms with van der Waals surface area (Å²) in [5.74, 6) is -0.638. The number of amides is 2. The smallest absolute Gasteiger partial charge is 0.373 e. The Bertz CT molecular complexity index is 2110. The van der Waals surface area contributed by atoms with E-state index >= 15 is 0 Å². The summed E-state index contributed by atoms with van der Waals surface area (Å²) in [7, 11) is 3.54. The number of alkyl halides is 3. The van der Waals surface area contributed by atoms with Crippen molar-refractivity contribution in [1.82, 2.24) is 14.8 Å². The highest BCUT2D eigenvalue weighted by molar-refractivity contribution is 6.09. The predicted molar refractivity (Wildman–Crippen MR) is 188 cm³/mol. The van der Waals surface area contributed by atoms with Crippen molar-refractivity contribution in [2.24, 2.45) is 7.05 Å². The van der Waals surface area contributed by atoms with Crippen LogP contribution in [0.4, 0.5) is 18.9 Å². The number of aliphatic hydroxyl groups excluding tert-OH is 1. The quantitative estimate of drug-likeness (QED) is 0.128. The normalized spacial score (nSPS) is 12.8. The average molecular weight is 677 g/mol. The number of rotatable bonds is 10. The maximum absolute atomic E-state index is 13.8. The van der Waals surface area contributed by atoms with Crippen molar-refractivity contribution in [3.63, 3.8) is 0 Å². The molecule has 5 aromatic carbocycles. The monoisotopic (exact) mass is 676 g/mol. The van der Waals surface area contributed by atoms with Gasteiger partial charge >= 0.3 is 6.18 Å². The van der Waals surface area contributed by atoms with Gasteiger partial charge in [0.15, 0.2) is 0 Å². The number of fused-ring (bicyclic) bond motifs is 1. The number of halogens is 3. The summed E-state index contributed by atoms with van der Waals surface area (Å²) in [5, 5.41) is 18.3. The van der Waals surface area contributed by atoms with E-state index in [2.05, 4.69) is 10.6 Å². The number of hydrogen-bond acceptors (Lipinski definition) is 4. The van der Waals surface area contributed by atoms with Gasteiger partial charge in [0.1, 0.15) is 12.3 Å². The molecule has 254 valence electrons. The number of aryl methyl sites for hydroxylation is 1. The maximum atomic E-state index is 13.8. The van der Waals surface area contributed by atoms with E-state index in [9.17, 15) is 27.9 Å². The van der Waals surface area contributed by atoms with Gasteiger partial charge in [-0.15, -0.1) is 0 Å². The Morgan fingerprint density at radius 1 is 0.820 bits per heavy atom. The highest BCUT2D eigenvalue weighted by atomic mass is 19.4. The van der Waals surface area contributed by atoms with Crippen LogP contribution in [0.1, 0.15) is 45.0 Å². The zero-order valence-electron chi connectivity index (χ0n) is 27.4. The second-order valence-corrected chi connectivity index (χ2v) is 12.1. The van der Waals surface area contributed by atoms with Gasteiger partial charge in [-0.3, -0.25) is 14.9 Å². The molecular weight excluding hydrogens is 641 g/mol. The Hall–Kier alpha value is -5.71. The summed E-state index contributed by atoms with van der Waals surface area (Å²) in [6.45, 7) is 0.401. The number of carbonyl (C=O) groups is 2. The zero-order chi connectivity index (χ0) is 35.4. The second kappa shape index (κ2) is 14.4. The van der Waals surface area contributed by atoms with Crippen molar-refractivity contribution in [2.75, 3.05) is 12.4 Å². The molecule has 50 heavy (non-hydrogen) atoms. The Kier molecular flexibility index (Phi) is 9.85. The molecule has 3 N–H and O–H groups in total. The van der Waals surface area contributed by atoms with E-state index in [1.54, 1.807) is 54.4 Å². The average Bonchev–Trinajstić information content (AvgIpc) is 3.46. The molecule has 0 saturated carbocycles. The summed E-state index contributed by atoms with van der Waals surface area (Å²) in [5.41, 5.74) is 3.98. The number of aliphatic hydroxyl groups is 1. The molecule has 0 fully saturated rings. The molecule has 0 bridgehead atoms. The summed E-state index contributed by atoms with van der Waals surface area (Å²) >= 11 is 0. The molecule has 1 heterocycles. The minimum atomic E-state index is -4.46. The van der Waals surface area contributed by atoms with E-state index in [1.807, 2.05) is 78.3 Å². The van der Waals surface area contributed by atoms with Gasteiger partial charge in [0.05, 0.1) is 11.3 Å². The predicted octanol–water partition coefficient (Wildman–Crippen LogP) is 8.10. The summed E-state index contributed by atoms with van der Waals surface area (Å²) in [6, 6.07) is 36.6. The zero-order valence-corrected chi connectivity index (χ0v) is 27.4. The Morgan fingerprint density at radius 3 is 2.14 bits per heavy atom. The van der Waals surface area contributed by atoms with Crippen LogP contribution in [0.2, 0.25) is 0 Å². The van der Waals surface area contributed by atoms with Crippen molar-refractivity contribution >= 4 is 28.4 Å². The van der Waals surface area contributed by atoms with Gasteiger partial charge in [0.25, 0.3) is 5.91 Å². The van der Waals surface area contributed by atoms with Crippen molar-refractivity contribution in [1.29, 1.82) is 0 Å². The Balaban J connectivity index is 1.22. The summed E-state index contributed by atoms with van der Waals surface area (Å²) in [4.78, 5) is 28.8. The van der Waals surface area contributed by atoms with Crippen LogP contribution in [-0.2, 0) is 24.6 Å². The van der Waals surface area contributed by atoms with Gasteiger partial charge in [0.2, 0.25) is 5.91 Å². The molecule has 0 spiro atoms. The highest BCUT2D eigenvalue weighted by Crippen LogP contribution is 2.33. The molecular formula is C40H35F3N4O3. The first-order valence-electron chi connectivity index (χ1n) is 15.9. The molecule has 0 radical (unpaired) electrons. The SMILES string of the molecule is CN(Cc1ccccc1)C(=O)C(NC(O)c1cc2cc(NC(=O)c3ccccc3-c3ccc(C(F)(F)F)cc3)ccc2n1C)c1ccccc1. The molecule has 1 aromatic heterocycles. The number of hydrogen-bond donors (Lipinski definition) is 3. The van der Waals surface area contributed by atoms with Crippen LogP contribution >= 0.6 is 0 Å². The lowest BCUT2D eigenvalue weighted by Crippen LogP contribution is -2.40. The molecule has 0 aliphatic carbocycles. The number of likely N-dealkylation sites (N-methyl/N-ethyl adjacent to an activating group) is 1. The van der Waals surface area contributed by atoms with Gasteiger partial charge in [0, 0.05) is 42.8 Å². The Labute approximate surface area is 287 Å². The lowest BCUT2D eigenvalue weighted by molar-refractivity contribution is -0.137. The molecule has 2 unspecified atom stereocenters. The van der Waals surface area contributed by atoms with Gasteiger partial charge < -0.3 is 19.9 Å². The van der Waals surface area contributed by atoms with Crippen LogP contribution in [-0.4, -0.2) is 33.4 Å². The molecule has 10 heteroatoms. The van der Waals surface area contributed by atoms with Crippen LogP contribution in [0.25, 0.3) is 22.0 Å². The third-order valence-corrected chi connectivity index (χ3v) is 8.66. The standard InChI is InChI=1S/C40H35F3N4O3/c1-46(25-26-11-5-3-6-12-26)39(50)36(28-13-7-4-8-14-28)45-38(49)35-24-29-23-31(21-22-34(29)47(35)2)44-37(48)33-16-10-9-15-32(33)27-17-19-30(20-18-27)40(41,42)43/h3-24,36,38,45,49H,25H2,1-2H3,(H,44,48). The van der Waals surface area contributed by atoms with Gasteiger partial charge in [-0.1, -0.05) is 91.0 Å². The minimum absolute atomic E-state index is 0.209. The molecule has 2 amide bonds. The molecule has 7 nitrogen and oxygen atoms in total. The van der Waals surface area contributed by atoms with Crippen molar-refractivity contribution < 1.29 is 27.9 Å². The van der Waals surface area contributed by atoms with E-state index in [4.69, 9.17) is 0 Å². The number of carbonyl (C=O) groups excluding carboxylic acids is 2. The van der Waals surface area contributed by atoms with Crippen molar-refractivity contribution in [3.05, 3.63) is 161 Å². The number of nitrogens with zero attached hydrogens (tertiary/aromatic N) is 2. The van der Waals surface area contributed by atoms with E-state index < -0.39 is 29.9 Å². The molecule has 0 aliphatic heterocycles. The van der Waals surface area contributed by atoms with E-state index in [0.29, 0.717) is 40.2 Å². The number of anilines is 1. The van der Waals surface area contributed by atoms with Crippen LogP contribution in [0.3, 0.4) is 0 Å². The lowest BCUT2D eigenvalue weighted by atomic mass is 9.98. The van der Waals surface area contributed by atoms with Crippen LogP contribution < -0.4 is 10.6 Å². The number of aromatic nitrogens is 1. The second-order valence-electron chi connectivity index (χ2n) is 12.1. The van der Waals surface area contributed by atoms with Gasteiger partial charge in [-0.25, -0.2) is 0 Å². The third kappa shape index (κ3) is 7.46. The molecule has 6 rings (SSSR count). The fraction of sp³-hybridized carbons (Fsp3) is 0.150. The largest absolute Gasteiger partial charge is 0.416 e. The molecule has 0 aliphatic rings. The molecule has 2 atom stereocenters. The molecule has 0 saturated heterocycles. The summed E-state index contributed by atoms with van der Waals surface area (Å²) in [6.07, 6.45) is -5.68. The maximum Gasteiger partial charge on any atom is 0.416 e. The first-order chi connectivity index (χ1) is 24.0. The molecule has 6 aromatic rings. The minimum Gasteiger partial charge on any atom is -0.373 e. The fourth-order valence-electron chi connectivity index (χ4n) is 6.04.